The van der Waals surface area contributed by atoms with Crippen LogP contribution < -0.4 is 0 Å². The van der Waals surface area contributed by atoms with Crippen molar-refractivity contribution in [3.63, 3.8) is 0 Å². The quantitative estimate of drug-likeness (QED) is 0.567. The molecule has 1 heterocycles. The molecule has 0 aliphatic heterocycles. The van der Waals surface area contributed by atoms with E-state index in [0.717, 1.165) is 21.7 Å². The van der Waals surface area contributed by atoms with E-state index in [-0.39, 0.29) is 6.42 Å². The summed E-state index contributed by atoms with van der Waals surface area (Å²) in [7, 11) is 0. The molecule has 1 aromatic heterocycles. The molecule has 2 aromatic carbocycles. The van der Waals surface area contributed by atoms with Gasteiger partial charge in [0.1, 0.15) is 22.5 Å². The Balaban J connectivity index is 1.74. The van der Waals surface area contributed by atoms with E-state index in [1.807, 2.05) is 60.7 Å². The molecule has 0 saturated carbocycles. The Morgan fingerprint density at radius 1 is 0.962 bits per heavy atom. The third kappa shape index (κ3) is 2.82. The Labute approximate surface area is 155 Å². The topological polar surface area (TPSA) is 30.0 Å². The molecule has 1 unspecified atom stereocenters. The molecule has 3 aromatic rings. The summed E-state index contributed by atoms with van der Waals surface area (Å²) < 4.78 is 14.8. The number of allylic oxidation sites excluding steroid dienone is 4. The molecule has 1 aliphatic carbocycles. The minimum absolute atomic E-state index is 0.265. The lowest BCUT2D eigenvalue weighted by atomic mass is 9.75. The smallest absolute Gasteiger partial charge is 0.139 e. The minimum Gasteiger partial charge on any atom is -0.302 e. The van der Waals surface area contributed by atoms with Crippen LogP contribution in [-0.2, 0) is 10.2 Å². The van der Waals surface area contributed by atoms with Crippen LogP contribution in [0.5, 0.6) is 0 Å². The summed E-state index contributed by atoms with van der Waals surface area (Å²) >= 11 is 1.43. The van der Waals surface area contributed by atoms with E-state index in [0.29, 0.717) is 12.0 Å². The molecular weight excluding hydrogens is 345 g/mol. The maximum absolute atomic E-state index is 14.8. The van der Waals surface area contributed by atoms with E-state index in [1.165, 1.54) is 17.4 Å². The highest BCUT2D eigenvalue weighted by Gasteiger charge is 2.42. The Morgan fingerprint density at radius 3 is 2.27 bits per heavy atom. The second-order valence-corrected chi connectivity index (χ2v) is 7.10. The molecule has 0 saturated heterocycles. The van der Waals surface area contributed by atoms with Gasteiger partial charge in [0.2, 0.25) is 0 Å². The highest BCUT2D eigenvalue weighted by Crippen LogP contribution is 2.44. The molecule has 1 atom stereocenters. The van der Waals surface area contributed by atoms with Crippen molar-refractivity contribution in [2.24, 2.45) is 0 Å². The molecule has 0 radical (unpaired) electrons. The van der Waals surface area contributed by atoms with Crippen LogP contribution in [0.3, 0.4) is 0 Å². The van der Waals surface area contributed by atoms with Gasteiger partial charge in [-0.05, 0) is 23.6 Å². The number of hydrogen-bond acceptors (Lipinski definition) is 3. The lowest BCUT2D eigenvalue weighted by molar-refractivity contribution is -0.112. The van der Waals surface area contributed by atoms with E-state index in [1.54, 1.807) is 11.5 Å². The van der Waals surface area contributed by atoms with Crippen molar-refractivity contribution < 1.29 is 9.18 Å². The van der Waals surface area contributed by atoms with Gasteiger partial charge >= 0.3 is 0 Å². The molecule has 128 valence electrons. The van der Waals surface area contributed by atoms with Gasteiger partial charge in [0.25, 0.3) is 0 Å². The van der Waals surface area contributed by atoms with E-state index in [2.05, 4.69) is 4.98 Å². The molecule has 2 nitrogen and oxygen atoms in total. The summed E-state index contributed by atoms with van der Waals surface area (Å²) in [4.78, 5) is 16.7. The summed E-state index contributed by atoms with van der Waals surface area (Å²) in [5.74, 6) is -0.461. The zero-order chi connectivity index (χ0) is 18.0. The Bertz CT molecular complexity index is 991. The van der Waals surface area contributed by atoms with Crippen molar-refractivity contribution in [1.82, 2.24) is 4.98 Å². The minimum atomic E-state index is -1.36. The number of hydrogen-bond donors (Lipinski definition) is 0. The van der Waals surface area contributed by atoms with Crippen LogP contribution in [0.15, 0.2) is 84.0 Å². The van der Waals surface area contributed by atoms with Gasteiger partial charge in [-0.3, -0.25) is 0 Å². The van der Waals surface area contributed by atoms with Crippen LogP contribution in [0.25, 0.3) is 16.1 Å². The van der Waals surface area contributed by atoms with Gasteiger partial charge in [-0.1, -0.05) is 66.7 Å². The lowest BCUT2D eigenvalue weighted by Gasteiger charge is -2.28. The van der Waals surface area contributed by atoms with E-state index < -0.39 is 11.2 Å². The number of thiazole rings is 1. The zero-order valence-corrected chi connectivity index (χ0v) is 14.7. The molecule has 0 spiro atoms. The van der Waals surface area contributed by atoms with Crippen molar-refractivity contribution in [1.29, 1.82) is 0 Å². The standard InChI is InChI=1S/C22H16FNOS/c23-19-12-11-18(16-7-3-1-4-8-16)13-22(19,15-25)20-14-26-21(24-20)17-9-5-2-6-10-17/h1-12,14-15H,13H2. The van der Waals surface area contributed by atoms with E-state index in [4.69, 9.17) is 0 Å². The molecule has 4 heteroatoms. The number of aromatic nitrogens is 1. The van der Waals surface area contributed by atoms with Gasteiger partial charge in [0.05, 0.1) is 5.69 Å². The van der Waals surface area contributed by atoms with E-state index >= 15 is 0 Å². The zero-order valence-electron chi connectivity index (χ0n) is 13.9. The maximum Gasteiger partial charge on any atom is 0.139 e. The Morgan fingerprint density at radius 2 is 1.62 bits per heavy atom. The van der Waals surface area contributed by atoms with Crippen LogP contribution in [-0.4, -0.2) is 11.3 Å². The molecule has 0 bridgehead atoms. The van der Waals surface area contributed by atoms with Crippen molar-refractivity contribution in [3.05, 3.63) is 95.3 Å². The first-order valence-electron chi connectivity index (χ1n) is 8.33. The first-order valence-corrected chi connectivity index (χ1v) is 9.21. The van der Waals surface area contributed by atoms with Crippen LogP contribution in [0.4, 0.5) is 4.39 Å². The SMILES string of the molecule is O=CC1(c2csc(-c3ccccc3)n2)CC(c2ccccc2)=CC=C1F. The summed E-state index contributed by atoms with van der Waals surface area (Å²) in [6.07, 6.45) is 4.10. The summed E-state index contributed by atoms with van der Waals surface area (Å²) in [6.45, 7) is 0. The number of nitrogens with zero attached hydrogens (tertiary/aromatic N) is 1. The number of carbonyl (C=O) groups excluding carboxylic acids is 1. The largest absolute Gasteiger partial charge is 0.302 e. The normalized spacial score (nSPS) is 19.6. The van der Waals surface area contributed by atoms with Crippen molar-refractivity contribution in [2.45, 2.75) is 11.8 Å². The summed E-state index contributed by atoms with van der Waals surface area (Å²) in [6, 6.07) is 19.5. The van der Waals surface area contributed by atoms with Crippen molar-refractivity contribution in [3.8, 4) is 10.6 Å². The third-order valence-corrected chi connectivity index (χ3v) is 5.55. The fourth-order valence-corrected chi connectivity index (χ4v) is 4.09. The summed E-state index contributed by atoms with van der Waals surface area (Å²) in [5.41, 5.74) is 1.98. The lowest BCUT2D eigenvalue weighted by Crippen LogP contribution is -2.31. The predicted octanol–water partition coefficient (Wildman–Crippen LogP) is 5.59. The van der Waals surface area contributed by atoms with Crippen molar-refractivity contribution >= 4 is 23.2 Å². The van der Waals surface area contributed by atoms with Gasteiger partial charge in [-0.15, -0.1) is 11.3 Å². The molecule has 1 aliphatic rings. The number of carbonyl (C=O) groups is 1. The van der Waals surface area contributed by atoms with Crippen molar-refractivity contribution in [2.75, 3.05) is 0 Å². The highest BCUT2D eigenvalue weighted by atomic mass is 32.1. The first-order chi connectivity index (χ1) is 12.7. The highest BCUT2D eigenvalue weighted by molar-refractivity contribution is 7.13. The third-order valence-electron chi connectivity index (χ3n) is 4.65. The van der Waals surface area contributed by atoms with Gasteiger partial charge in [-0.25, -0.2) is 9.37 Å². The number of benzene rings is 2. The fraction of sp³-hybridized carbons (Fsp3) is 0.0909. The van der Waals surface area contributed by atoms with Crippen LogP contribution >= 0.6 is 11.3 Å². The van der Waals surface area contributed by atoms with Gasteiger partial charge in [0.15, 0.2) is 0 Å². The predicted molar refractivity (Wildman–Crippen MR) is 104 cm³/mol. The monoisotopic (exact) mass is 361 g/mol. The second kappa shape index (κ2) is 6.81. The van der Waals surface area contributed by atoms with Gasteiger partial charge in [-0.2, -0.15) is 0 Å². The average Bonchev–Trinajstić information content (AvgIpc) is 3.21. The maximum atomic E-state index is 14.8. The van der Waals surface area contributed by atoms with Crippen LogP contribution in [0.2, 0.25) is 0 Å². The van der Waals surface area contributed by atoms with Gasteiger partial charge in [0, 0.05) is 10.9 Å². The summed E-state index contributed by atoms with van der Waals surface area (Å²) in [5, 5.41) is 2.57. The molecule has 0 N–H and O–H groups in total. The molecule has 0 amide bonds. The molecule has 4 rings (SSSR count). The Hall–Kier alpha value is -2.85. The first kappa shape index (κ1) is 16.6. The van der Waals surface area contributed by atoms with Crippen LogP contribution in [0, 0.1) is 0 Å². The molecular formula is C22H16FNOS. The molecule has 26 heavy (non-hydrogen) atoms. The Kier molecular flexibility index (Phi) is 4.35. The number of aldehydes is 1. The number of rotatable bonds is 4. The molecule has 0 fully saturated rings. The average molecular weight is 361 g/mol. The van der Waals surface area contributed by atoms with Gasteiger partial charge < -0.3 is 4.79 Å². The second-order valence-electron chi connectivity index (χ2n) is 6.24. The van der Waals surface area contributed by atoms with Crippen LogP contribution in [0.1, 0.15) is 17.7 Å². The fourth-order valence-electron chi connectivity index (χ4n) is 3.18. The van der Waals surface area contributed by atoms with E-state index in [9.17, 15) is 9.18 Å². The number of halogens is 1.